The Hall–Kier alpha value is -2.37. The molecule has 10 heteroatoms. The second kappa shape index (κ2) is 8.56. The minimum absolute atomic E-state index is 0.00164. The summed E-state index contributed by atoms with van der Waals surface area (Å²) in [6, 6.07) is 9.10. The highest BCUT2D eigenvalue weighted by atomic mass is 32.2. The van der Waals surface area contributed by atoms with E-state index in [9.17, 15) is 14.3 Å². The average Bonchev–Trinajstić information content (AvgIpc) is 3.38. The van der Waals surface area contributed by atoms with Crippen molar-refractivity contribution in [2.75, 3.05) is 13.2 Å². The maximum atomic E-state index is 14.6. The van der Waals surface area contributed by atoms with Gasteiger partial charge in [0, 0.05) is 6.92 Å². The van der Waals surface area contributed by atoms with Crippen LogP contribution in [0, 0.1) is 0 Å². The van der Waals surface area contributed by atoms with E-state index in [1.807, 2.05) is 30.3 Å². The summed E-state index contributed by atoms with van der Waals surface area (Å²) in [5.74, 6) is -1.53. The van der Waals surface area contributed by atoms with E-state index in [0.29, 0.717) is 13.2 Å². The van der Waals surface area contributed by atoms with Crippen molar-refractivity contribution in [1.82, 2.24) is 5.48 Å². The van der Waals surface area contributed by atoms with Gasteiger partial charge in [0.2, 0.25) is 0 Å². The molecule has 2 atom stereocenters. The molecule has 3 aliphatic rings. The highest BCUT2D eigenvalue weighted by molar-refractivity contribution is 8.13. The number of aliphatic hydroxyl groups is 1. The van der Waals surface area contributed by atoms with Gasteiger partial charge in [0.15, 0.2) is 34.5 Å². The Morgan fingerprint density at radius 2 is 2.03 bits per heavy atom. The molecule has 2 N–H and O–H groups in total. The number of halogens is 1. The number of benzene rings is 1. The third kappa shape index (κ3) is 4.16. The summed E-state index contributed by atoms with van der Waals surface area (Å²) in [4.78, 5) is 27.3. The Bertz CT molecular complexity index is 880. The van der Waals surface area contributed by atoms with Crippen molar-refractivity contribution in [2.24, 2.45) is 0 Å². The number of fused-ring (bicyclic) bond motifs is 1. The predicted molar refractivity (Wildman–Crippen MR) is 99.2 cm³/mol. The zero-order chi connectivity index (χ0) is 20.4. The quantitative estimate of drug-likeness (QED) is 0.407. The Balaban J connectivity index is 1.56. The number of carbonyl (C=O) groups is 1. The van der Waals surface area contributed by atoms with Gasteiger partial charge in [-0.3, -0.25) is 9.63 Å². The number of hydroxylamine groups is 1. The van der Waals surface area contributed by atoms with E-state index in [2.05, 4.69) is 5.48 Å². The molecule has 154 valence electrons. The SMILES string of the molecule is CC(=O)S[C@H](ONC1=C2C=C(C3OCCO3)C(O)=C(F)C2OO1)c1ccccc1. The highest BCUT2D eigenvalue weighted by Crippen LogP contribution is 2.39. The Kier molecular flexibility index (Phi) is 5.88. The molecule has 0 spiro atoms. The second-order valence-corrected chi connectivity index (χ2v) is 7.52. The van der Waals surface area contributed by atoms with E-state index in [-0.39, 0.29) is 22.1 Å². The number of hydrogen-bond donors (Lipinski definition) is 2. The average molecular weight is 423 g/mol. The van der Waals surface area contributed by atoms with Crippen molar-refractivity contribution < 1.29 is 38.4 Å². The molecule has 29 heavy (non-hydrogen) atoms. The highest BCUT2D eigenvalue weighted by Gasteiger charge is 2.41. The maximum Gasteiger partial charge on any atom is 0.260 e. The number of nitrogens with one attached hydrogen (secondary N) is 1. The molecule has 0 radical (unpaired) electrons. The van der Waals surface area contributed by atoms with Gasteiger partial charge in [-0.2, -0.15) is 4.89 Å². The molecule has 1 aromatic rings. The zero-order valence-corrected chi connectivity index (χ0v) is 16.1. The number of hydrogen-bond acceptors (Lipinski definition) is 9. The fourth-order valence-corrected chi connectivity index (χ4v) is 3.65. The lowest BCUT2D eigenvalue weighted by Gasteiger charge is -2.20. The van der Waals surface area contributed by atoms with Crippen molar-refractivity contribution in [3.8, 4) is 0 Å². The smallest absolute Gasteiger partial charge is 0.260 e. The van der Waals surface area contributed by atoms with Gasteiger partial charge < -0.3 is 19.5 Å². The Morgan fingerprint density at radius 1 is 1.31 bits per heavy atom. The van der Waals surface area contributed by atoms with E-state index in [4.69, 9.17) is 24.1 Å². The summed E-state index contributed by atoms with van der Waals surface area (Å²) < 4.78 is 25.3. The topological polar surface area (TPSA) is 95.5 Å². The van der Waals surface area contributed by atoms with Gasteiger partial charge in [-0.1, -0.05) is 30.3 Å². The lowest BCUT2D eigenvalue weighted by Crippen LogP contribution is -2.24. The van der Waals surface area contributed by atoms with E-state index in [0.717, 1.165) is 17.3 Å². The van der Waals surface area contributed by atoms with Gasteiger partial charge in [0.25, 0.3) is 5.88 Å². The second-order valence-electron chi connectivity index (χ2n) is 6.29. The molecule has 1 aromatic carbocycles. The summed E-state index contributed by atoms with van der Waals surface area (Å²) in [7, 11) is 0. The van der Waals surface area contributed by atoms with Crippen LogP contribution in [0.4, 0.5) is 4.39 Å². The monoisotopic (exact) mass is 423 g/mol. The number of thioether (sulfide) groups is 1. The van der Waals surface area contributed by atoms with E-state index in [1.165, 1.54) is 13.0 Å². The number of ether oxygens (including phenoxy) is 2. The lowest BCUT2D eigenvalue weighted by atomic mass is 9.97. The molecule has 8 nitrogen and oxygen atoms in total. The summed E-state index contributed by atoms with van der Waals surface area (Å²) in [6.45, 7) is 2.10. The largest absolute Gasteiger partial charge is 0.505 e. The predicted octanol–water partition coefficient (Wildman–Crippen LogP) is 3.08. The van der Waals surface area contributed by atoms with Gasteiger partial charge in [-0.05, 0) is 23.4 Å². The Morgan fingerprint density at radius 3 is 2.72 bits per heavy atom. The molecule has 4 rings (SSSR count). The molecule has 0 saturated carbocycles. The van der Waals surface area contributed by atoms with Gasteiger partial charge in [-0.25, -0.2) is 9.87 Å². The van der Waals surface area contributed by atoms with Crippen LogP contribution in [0.5, 0.6) is 0 Å². The van der Waals surface area contributed by atoms with E-state index >= 15 is 0 Å². The third-order valence-corrected chi connectivity index (χ3v) is 5.21. The first-order valence-electron chi connectivity index (χ1n) is 8.79. The van der Waals surface area contributed by atoms with Crippen LogP contribution < -0.4 is 5.48 Å². The molecular formula is C19H18FNO7S. The molecule has 2 heterocycles. The van der Waals surface area contributed by atoms with Crippen LogP contribution in [0.2, 0.25) is 0 Å². The third-order valence-electron chi connectivity index (χ3n) is 4.29. The Labute approximate surface area is 169 Å². The zero-order valence-electron chi connectivity index (χ0n) is 15.3. The minimum atomic E-state index is -1.25. The van der Waals surface area contributed by atoms with Crippen LogP contribution >= 0.6 is 11.8 Å². The van der Waals surface area contributed by atoms with Crippen molar-refractivity contribution in [3.05, 3.63) is 70.6 Å². The van der Waals surface area contributed by atoms with Gasteiger partial charge in [0.05, 0.1) is 24.4 Å². The fourth-order valence-electron chi connectivity index (χ4n) is 2.95. The lowest BCUT2D eigenvalue weighted by molar-refractivity contribution is -0.271. The molecule has 1 fully saturated rings. The van der Waals surface area contributed by atoms with E-state index in [1.54, 1.807) is 0 Å². The summed E-state index contributed by atoms with van der Waals surface area (Å²) in [6.07, 6.45) is -0.669. The van der Waals surface area contributed by atoms with Crippen molar-refractivity contribution in [2.45, 2.75) is 24.8 Å². The number of carbonyl (C=O) groups excluding carboxylic acids is 1. The van der Waals surface area contributed by atoms with E-state index < -0.39 is 29.4 Å². The molecule has 0 amide bonds. The minimum Gasteiger partial charge on any atom is -0.505 e. The molecule has 1 unspecified atom stereocenters. The number of aliphatic hydroxyl groups excluding tert-OH is 1. The molecule has 2 aliphatic heterocycles. The fraction of sp³-hybridized carbons (Fsp3) is 0.316. The van der Waals surface area contributed by atoms with Crippen LogP contribution in [0.3, 0.4) is 0 Å². The van der Waals surface area contributed by atoms with Crippen LogP contribution in [-0.4, -0.2) is 35.8 Å². The number of rotatable bonds is 6. The molecule has 0 bridgehead atoms. The van der Waals surface area contributed by atoms with Gasteiger partial charge in [-0.15, -0.1) is 0 Å². The first-order chi connectivity index (χ1) is 14.0. The standard InChI is InChI=1S/C19H18FNO7S/c1-10(22)29-19(11-5-3-2-4-6-11)26-21-17-13-9-12(18-24-7-8-25-18)15(23)14(20)16(13)27-28-17/h2-6,9,16,18-19,21,23H,7-8H2,1H3/t16?,19-/m0/s1. The summed E-state index contributed by atoms with van der Waals surface area (Å²) in [5.41, 5.74) is 3.05. The normalized spacial score (nSPS) is 23.0. The van der Waals surface area contributed by atoms with Crippen molar-refractivity contribution in [3.63, 3.8) is 0 Å². The summed E-state index contributed by atoms with van der Waals surface area (Å²) >= 11 is 0.966. The molecule has 1 aliphatic carbocycles. The van der Waals surface area contributed by atoms with Crippen LogP contribution in [0.25, 0.3) is 0 Å². The first kappa shape index (κ1) is 19.9. The van der Waals surface area contributed by atoms with Crippen molar-refractivity contribution >= 4 is 16.9 Å². The first-order valence-corrected chi connectivity index (χ1v) is 9.67. The van der Waals surface area contributed by atoms with Gasteiger partial charge in [0.1, 0.15) is 0 Å². The maximum absolute atomic E-state index is 14.6. The van der Waals surface area contributed by atoms with Crippen LogP contribution in [0.1, 0.15) is 17.9 Å². The van der Waals surface area contributed by atoms with Crippen molar-refractivity contribution in [1.29, 1.82) is 0 Å². The molecule has 1 saturated heterocycles. The molecule has 0 aromatic heterocycles. The van der Waals surface area contributed by atoms with Crippen LogP contribution in [-0.2, 0) is 28.9 Å². The van der Waals surface area contributed by atoms with Gasteiger partial charge >= 0.3 is 0 Å². The van der Waals surface area contributed by atoms with Crippen LogP contribution in [0.15, 0.2) is 65.0 Å². The molecular weight excluding hydrogens is 405 g/mol. The summed E-state index contributed by atoms with van der Waals surface area (Å²) in [5, 5.41) is 9.98.